The molecule has 0 fully saturated rings. The van der Waals surface area contributed by atoms with Gasteiger partial charge >= 0.3 is 0 Å². The highest BCUT2D eigenvalue weighted by Gasteiger charge is 2.29. The van der Waals surface area contributed by atoms with Crippen LogP contribution in [0.1, 0.15) is 66.2 Å². The Morgan fingerprint density at radius 3 is 2.35 bits per heavy atom. The smallest absolute Gasteiger partial charge is 0.0207 e. The minimum Gasteiger partial charge on any atom is -0.0764 e. The molecule has 0 aromatic heterocycles. The second kappa shape index (κ2) is 6.61. The van der Waals surface area contributed by atoms with Crippen LogP contribution in [0.25, 0.3) is 0 Å². The van der Waals surface area contributed by atoms with Crippen LogP contribution < -0.4 is 0 Å². The summed E-state index contributed by atoms with van der Waals surface area (Å²) in [6.07, 6.45) is 19.5. The number of hydrogen-bond acceptors (Lipinski definition) is 0. The van der Waals surface area contributed by atoms with Crippen molar-refractivity contribution >= 4 is 0 Å². The van der Waals surface area contributed by atoms with Crippen LogP contribution >= 0.6 is 0 Å². The summed E-state index contributed by atoms with van der Waals surface area (Å²) in [5.74, 6) is 0.532. The molecule has 0 N–H and O–H groups in total. The molecular formula is C20H30. The molecule has 0 heteroatoms. The molecule has 0 unspecified atom stereocenters. The zero-order valence-electron chi connectivity index (χ0n) is 13.7. The summed E-state index contributed by atoms with van der Waals surface area (Å²) >= 11 is 0. The van der Waals surface area contributed by atoms with E-state index < -0.39 is 0 Å². The molecule has 0 bridgehead atoms. The molecule has 0 saturated heterocycles. The van der Waals surface area contributed by atoms with Crippen molar-refractivity contribution in [3.63, 3.8) is 0 Å². The van der Waals surface area contributed by atoms with E-state index in [-0.39, 0.29) is 5.41 Å². The van der Waals surface area contributed by atoms with E-state index in [1.807, 2.05) is 0 Å². The minimum atomic E-state index is 0.269. The lowest BCUT2D eigenvalue weighted by Crippen LogP contribution is -2.14. The Morgan fingerprint density at radius 1 is 1.05 bits per heavy atom. The molecule has 110 valence electrons. The largest absolute Gasteiger partial charge is 0.0764 e. The molecule has 0 aliphatic heterocycles. The summed E-state index contributed by atoms with van der Waals surface area (Å²) in [6, 6.07) is 0. The van der Waals surface area contributed by atoms with Crippen molar-refractivity contribution in [3.05, 3.63) is 47.1 Å². The lowest BCUT2D eigenvalue weighted by Gasteiger charge is -2.26. The molecule has 2 aliphatic rings. The maximum Gasteiger partial charge on any atom is 0.0207 e. The Balaban J connectivity index is 2.14. The first kappa shape index (κ1) is 15.4. The molecule has 2 rings (SSSR count). The fourth-order valence-electron chi connectivity index (χ4n) is 3.39. The van der Waals surface area contributed by atoms with Gasteiger partial charge in [0.25, 0.3) is 0 Å². The Bertz CT molecular complexity index is 437. The molecule has 0 heterocycles. The van der Waals surface area contributed by atoms with Gasteiger partial charge in [-0.2, -0.15) is 0 Å². The molecule has 0 aromatic carbocycles. The molecule has 0 spiro atoms. The minimum absolute atomic E-state index is 0.269. The Kier molecular flexibility index (Phi) is 5.07. The third kappa shape index (κ3) is 3.53. The molecule has 0 nitrogen and oxygen atoms in total. The van der Waals surface area contributed by atoms with Crippen molar-refractivity contribution in [1.29, 1.82) is 0 Å². The van der Waals surface area contributed by atoms with E-state index in [4.69, 9.17) is 0 Å². The summed E-state index contributed by atoms with van der Waals surface area (Å²) in [5.41, 5.74) is 5.19. The molecule has 2 aliphatic carbocycles. The highest BCUT2D eigenvalue weighted by molar-refractivity contribution is 5.51. The van der Waals surface area contributed by atoms with Crippen LogP contribution in [-0.4, -0.2) is 0 Å². The number of unbranched alkanes of at least 4 members (excludes halogenated alkanes) is 3. The van der Waals surface area contributed by atoms with Crippen molar-refractivity contribution < 1.29 is 0 Å². The second-order valence-electron chi connectivity index (χ2n) is 7.20. The molecule has 0 amide bonds. The first-order valence-corrected chi connectivity index (χ1v) is 8.32. The van der Waals surface area contributed by atoms with Gasteiger partial charge < -0.3 is 0 Å². The summed E-state index contributed by atoms with van der Waals surface area (Å²) in [4.78, 5) is 0. The van der Waals surface area contributed by atoms with Crippen molar-refractivity contribution in [2.24, 2.45) is 11.3 Å². The van der Waals surface area contributed by atoms with Crippen LogP contribution in [0.4, 0.5) is 0 Å². The zero-order valence-corrected chi connectivity index (χ0v) is 13.7. The Morgan fingerprint density at radius 2 is 1.75 bits per heavy atom. The van der Waals surface area contributed by atoms with Gasteiger partial charge in [0.1, 0.15) is 0 Å². The second-order valence-corrected chi connectivity index (χ2v) is 7.20. The summed E-state index contributed by atoms with van der Waals surface area (Å²) in [5, 5.41) is 0. The van der Waals surface area contributed by atoms with Gasteiger partial charge in [-0.1, -0.05) is 82.9 Å². The van der Waals surface area contributed by atoms with Gasteiger partial charge in [0.05, 0.1) is 0 Å². The lowest BCUT2D eigenvalue weighted by molar-refractivity contribution is 0.505. The third-order valence-electron chi connectivity index (χ3n) is 4.45. The maximum absolute atomic E-state index is 2.49. The van der Waals surface area contributed by atoms with Gasteiger partial charge in [0.15, 0.2) is 0 Å². The van der Waals surface area contributed by atoms with Crippen LogP contribution in [0.5, 0.6) is 0 Å². The molecule has 0 saturated carbocycles. The van der Waals surface area contributed by atoms with Crippen molar-refractivity contribution in [2.45, 2.75) is 66.2 Å². The van der Waals surface area contributed by atoms with E-state index in [9.17, 15) is 0 Å². The predicted molar refractivity (Wildman–Crippen MR) is 89.7 cm³/mol. The summed E-state index contributed by atoms with van der Waals surface area (Å²) < 4.78 is 0. The van der Waals surface area contributed by atoms with Crippen LogP contribution in [0, 0.1) is 11.3 Å². The molecule has 0 radical (unpaired) electrons. The molecule has 0 aromatic rings. The zero-order chi connectivity index (χ0) is 14.6. The van der Waals surface area contributed by atoms with Gasteiger partial charge in [-0.3, -0.25) is 0 Å². The summed E-state index contributed by atoms with van der Waals surface area (Å²) in [6.45, 7) is 9.33. The van der Waals surface area contributed by atoms with Crippen molar-refractivity contribution in [2.75, 3.05) is 0 Å². The predicted octanol–water partition coefficient (Wildman–Crippen LogP) is 6.37. The average Bonchev–Trinajstić information content (AvgIpc) is 3.01. The Labute approximate surface area is 125 Å². The highest BCUT2D eigenvalue weighted by Crippen LogP contribution is 2.44. The Hall–Kier alpha value is -1.04. The first-order valence-electron chi connectivity index (χ1n) is 8.32. The van der Waals surface area contributed by atoms with Crippen molar-refractivity contribution in [1.82, 2.24) is 0 Å². The fourth-order valence-corrected chi connectivity index (χ4v) is 3.39. The average molecular weight is 270 g/mol. The number of hydrogen-bond donors (Lipinski definition) is 0. The SMILES string of the molecule is CCCCCCC1=C(C2C=CC=C2)C(C(C)(C)C)=CC1. The number of rotatable bonds is 6. The van der Waals surface area contributed by atoms with Gasteiger partial charge in [-0.15, -0.1) is 0 Å². The van der Waals surface area contributed by atoms with Crippen LogP contribution in [0.15, 0.2) is 47.1 Å². The normalized spacial score (nSPS) is 19.3. The van der Waals surface area contributed by atoms with Crippen LogP contribution in [-0.2, 0) is 0 Å². The standard InChI is InChI=1S/C20H30/c1-5-6-7-8-11-17-14-15-18(20(2,3)4)19(17)16-12-9-10-13-16/h9-10,12-13,15-16H,5-8,11,14H2,1-4H3. The maximum atomic E-state index is 2.49. The first-order chi connectivity index (χ1) is 9.54. The monoisotopic (exact) mass is 270 g/mol. The van der Waals surface area contributed by atoms with Crippen LogP contribution in [0.3, 0.4) is 0 Å². The van der Waals surface area contributed by atoms with Gasteiger partial charge in [-0.25, -0.2) is 0 Å². The highest BCUT2D eigenvalue weighted by atomic mass is 14.3. The summed E-state index contributed by atoms with van der Waals surface area (Å²) in [7, 11) is 0. The number of allylic oxidation sites excluding steroid dienone is 8. The van der Waals surface area contributed by atoms with E-state index in [2.05, 4.69) is 58.1 Å². The third-order valence-corrected chi connectivity index (χ3v) is 4.45. The van der Waals surface area contributed by atoms with Gasteiger partial charge in [0, 0.05) is 5.92 Å². The van der Waals surface area contributed by atoms with E-state index in [1.54, 1.807) is 16.7 Å². The van der Waals surface area contributed by atoms with E-state index in [1.165, 1.54) is 38.5 Å². The molecule has 20 heavy (non-hydrogen) atoms. The van der Waals surface area contributed by atoms with Crippen LogP contribution in [0.2, 0.25) is 0 Å². The van der Waals surface area contributed by atoms with Gasteiger partial charge in [-0.05, 0) is 35.8 Å². The van der Waals surface area contributed by atoms with Gasteiger partial charge in [0.2, 0.25) is 0 Å². The lowest BCUT2D eigenvalue weighted by atomic mass is 9.78. The van der Waals surface area contributed by atoms with E-state index in [0.717, 1.165) is 0 Å². The topological polar surface area (TPSA) is 0 Å². The van der Waals surface area contributed by atoms with E-state index >= 15 is 0 Å². The van der Waals surface area contributed by atoms with E-state index in [0.29, 0.717) is 5.92 Å². The fraction of sp³-hybridized carbons (Fsp3) is 0.600. The molecule has 0 atom stereocenters. The quantitative estimate of drug-likeness (QED) is 0.492. The molecular weight excluding hydrogens is 240 g/mol. The van der Waals surface area contributed by atoms with Crippen molar-refractivity contribution in [3.8, 4) is 0 Å².